The van der Waals surface area contributed by atoms with E-state index in [4.69, 9.17) is 4.74 Å². The summed E-state index contributed by atoms with van der Waals surface area (Å²) in [4.78, 5) is 15.5. The number of para-hydroxylation sites is 1. The number of rotatable bonds is 6. The van der Waals surface area contributed by atoms with Crippen LogP contribution in [0.15, 0.2) is 53.4 Å². The summed E-state index contributed by atoms with van der Waals surface area (Å²) in [5.41, 5.74) is 2.42. The van der Waals surface area contributed by atoms with E-state index in [0.29, 0.717) is 25.2 Å². The molecule has 28 heavy (non-hydrogen) atoms. The van der Waals surface area contributed by atoms with E-state index in [1.165, 1.54) is 6.26 Å². The lowest BCUT2D eigenvalue weighted by Crippen LogP contribution is -2.38. The van der Waals surface area contributed by atoms with Crippen molar-refractivity contribution in [3.8, 4) is 0 Å². The first-order chi connectivity index (χ1) is 13.4. The van der Waals surface area contributed by atoms with Crippen LogP contribution >= 0.6 is 0 Å². The fourth-order valence-corrected chi connectivity index (χ4v) is 3.98. The summed E-state index contributed by atoms with van der Waals surface area (Å²) < 4.78 is 28.7. The van der Waals surface area contributed by atoms with E-state index in [0.717, 1.165) is 24.3 Å². The van der Waals surface area contributed by atoms with Gasteiger partial charge in [0.2, 0.25) is 0 Å². The molecule has 0 aliphatic carbocycles. The number of nitrogens with one attached hydrogen (secondary N) is 1. The van der Waals surface area contributed by atoms with Crippen LogP contribution in [0.5, 0.6) is 0 Å². The van der Waals surface area contributed by atoms with Gasteiger partial charge in [0.05, 0.1) is 29.7 Å². The third-order valence-corrected chi connectivity index (χ3v) is 6.05. The topological polar surface area (TPSA) is 75.7 Å². The van der Waals surface area contributed by atoms with Gasteiger partial charge in [0.1, 0.15) is 0 Å². The van der Waals surface area contributed by atoms with E-state index in [1.54, 1.807) is 24.3 Å². The van der Waals surface area contributed by atoms with Crippen molar-refractivity contribution in [2.45, 2.75) is 24.3 Å². The molecule has 0 saturated carbocycles. The van der Waals surface area contributed by atoms with E-state index >= 15 is 0 Å². The normalized spacial score (nSPS) is 15.9. The van der Waals surface area contributed by atoms with Gasteiger partial charge in [-0.25, -0.2) is 8.42 Å². The van der Waals surface area contributed by atoms with E-state index in [9.17, 15) is 13.2 Å². The van der Waals surface area contributed by atoms with Crippen molar-refractivity contribution in [1.82, 2.24) is 5.32 Å². The van der Waals surface area contributed by atoms with Crippen molar-refractivity contribution in [1.29, 1.82) is 0 Å². The predicted molar refractivity (Wildman–Crippen MR) is 110 cm³/mol. The van der Waals surface area contributed by atoms with E-state index < -0.39 is 9.84 Å². The maximum Gasteiger partial charge on any atom is 0.253 e. The quantitative estimate of drug-likeness (QED) is 0.804. The summed E-state index contributed by atoms with van der Waals surface area (Å²) in [5, 5.41) is 3.09. The number of morpholine rings is 1. The number of carbonyl (C=O) groups excluding carboxylic acids is 1. The van der Waals surface area contributed by atoms with Crippen molar-refractivity contribution in [2.75, 3.05) is 37.5 Å². The van der Waals surface area contributed by atoms with Gasteiger partial charge in [0.15, 0.2) is 9.84 Å². The van der Waals surface area contributed by atoms with Crippen LogP contribution in [0.2, 0.25) is 0 Å². The van der Waals surface area contributed by atoms with Crippen LogP contribution in [-0.2, 0) is 14.6 Å². The lowest BCUT2D eigenvalue weighted by Gasteiger charge is -2.30. The molecule has 1 atom stereocenters. The van der Waals surface area contributed by atoms with Crippen LogP contribution in [0, 0.1) is 0 Å². The van der Waals surface area contributed by atoms with Crippen LogP contribution in [0.4, 0.5) is 5.69 Å². The second-order valence-electron chi connectivity index (χ2n) is 6.89. The Morgan fingerprint density at radius 1 is 1.11 bits per heavy atom. The molecule has 1 unspecified atom stereocenters. The van der Waals surface area contributed by atoms with Crippen LogP contribution in [0.25, 0.3) is 0 Å². The number of ether oxygens (including phenoxy) is 1. The largest absolute Gasteiger partial charge is 0.378 e. The Kier molecular flexibility index (Phi) is 6.36. The highest BCUT2D eigenvalue weighted by atomic mass is 32.2. The molecule has 1 saturated heterocycles. The SMILES string of the molecule is CCC(NC(=O)c1ccccc1N1CCOCC1)c1ccc(S(C)(=O)=O)cc1. The van der Waals surface area contributed by atoms with Crippen molar-refractivity contribution in [2.24, 2.45) is 0 Å². The Morgan fingerprint density at radius 2 is 1.75 bits per heavy atom. The highest BCUT2D eigenvalue weighted by Gasteiger charge is 2.21. The fourth-order valence-electron chi connectivity index (χ4n) is 3.35. The summed E-state index contributed by atoms with van der Waals surface area (Å²) in [6.45, 7) is 4.81. The van der Waals surface area contributed by atoms with Crippen LogP contribution in [0.3, 0.4) is 0 Å². The first kappa shape index (κ1) is 20.4. The number of nitrogens with zero attached hydrogens (tertiary/aromatic N) is 1. The molecule has 1 N–H and O–H groups in total. The number of hydrogen-bond donors (Lipinski definition) is 1. The second-order valence-corrected chi connectivity index (χ2v) is 8.91. The Hall–Kier alpha value is -2.38. The highest BCUT2D eigenvalue weighted by molar-refractivity contribution is 7.90. The van der Waals surface area contributed by atoms with E-state index in [-0.39, 0.29) is 16.8 Å². The Labute approximate surface area is 166 Å². The molecular formula is C21H26N2O4S. The third kappa shape index (κ3) is 4.72. The van der Waals surface area contributed by atoms with Gasteiger partial charge < -0.3 is 15.0 Å². The van der Waals surface area contributed by atoms with Crippen LogP contribution in [0.1, 0.15) is 35.3 Å². The van der Waals surface area contributed by atoms with Gasteiger partial charge >= 0.3 is 0 Å². The lowest BCUT2D eigenvalue weighted by atomic mass is 10.0. The van der Waals surface area contributed by atoms with Crippen molar-refractivity contribution >= 4 is 21.4 Å². The van der Waals surface area contributed by atoms with Gasteiger partial charge in [0.25, 0.3) is 5.91 Å². The molecule has 2 aromatic rings. The summed E-state index contributed by atoms with van der Waals surface area (Å²) in [5.74, 6) is -0.138. The van der Waals surface area contributed by atoms with Crippen molar-refractivity contribution < 1.29 is 17.9 Å². The minimum absolute atomic E-state index is 0.138. The average Bonchev–Trinajstić information content (AvgIpc) is 2.72. The Morgan fingerprint density at radius 3 is 2.36 bits per heavy atom. The molecule has 0 aromatic heterocycles. The van der Waals surface area contributed by atoms with Crippen molar-refractivity contribution in [3.05, 3.63) is 59.7 Å². The van der Waals surface area contributed by atoms with Gasteiger partial charge in [-0.05, 0) is 36.2 Å². The average molecular weight is 403 g/mol. The first-order valence-electron chi connectivity index (χ1n) is 9.42. The zero-order chi connectivity index (χ0) is 20.1. The molecular weight excluding hydrogens is 376 g/mol. The van der Waals surface area contributed by atoms with Gasteiger partial charge in [-0.15, -0.1) is 0 Å². The molecule has 1 amide bonds. The number of amides is 1. The standard InChI is InChI=1S/C21H26N2O4S/c1-3-19(16-8-10-17(11-9-16)28(2,25)26)22-21(24)18-6-4-5-7-20(18)23-12-14-27-15-13-23/h4-11,19H,3,12-15H2,1-2H3,(H,22,24). The molecule has 150 valence electrons. The van der Waals surface area contributed by atoms with Gasteiger partial charge in [-0.3, -0.25) is 4.79 Å². The van der Waals surface area contributed by atoms with Gasteiger partial charge in [-0.2, -0.15) is 0 Å². The molecule has 0 spiro atoms. The monoisotopic (exact) mass is 402 g/mol. The molecule has 2 aromatic carbocycles. The number of benzene rings is 2. The molecule has 6 nitrogen and oxygen atoms in total. The molecule has 3 rings (SSSR count). The summed E-state index contributed by atoms with van der Waals surface area (Å²) >= 11 is 0. The first-order valence-corrected chi connectivity index (χ1v) is 11.3. The zero-order valence-corrected chi connectivity index (χ0v) is 17.0. The lowest BCUT2D eigenvalue weighted by molar-refractivity contribution is 0.0934. The molecule has 1 heterocycles. The minimum Gasteiger partial charge on any atom is -0.378 e. The summed E-state index contributed by atoms with van der Waals surface area (Å²) in [6, 6.07) is 14.1. The molecule has 1 fully saturated rings. The van der Waals surface area contributed by atoms with Gasteiger partial charge in [-0.1, -0.05) is 31.2 Å². The fraction of sp³-hybridized carbons (Fsp3) is 0.381. The third-order valence-electron chi connectivity index (χ3n) is 4.92. The van der Waals surface area contributed by atoms with Gasteiger partial charge in [0, 0.05) is 25.0 Å². The second kappa shape index (κ2) is 8.75. The van der Waals surface area contributed by atoms with Crippen molar-refractivity contribution in [3.63, 3.8) is 0 Å². The number of anilines is 1. The number of hydrogen-bond acceptors (Lipinski definition) is 5. The maximum absolute atomic E-state index is 13.0. The molecule has 7 heteroatoms. The number of carbonyl (C=O) groups is 1. The Bertz CT molecular complexity index is 920. The van der Waals surface area contributed by atoms with Crippen LogP contribution in [-0.4, -0.2) is 46.9 Å². The summed E-state index contributed by atoms with van der Waals surface area (Å²) in [6.07, 6.45) is 1.88. The van der Waals surface area contributed by atoms with Crippen LogP contribution < -0.4 is 10.2 Å². The van der Waals surface area contributed by atoms with E-state index in [2.05, 4.69) is 10.2 Å². The molecule has 1 aliphatic heterocycles. The predicted octanol–water partition coefficient (Wildman–Crippen LogP) is 2.81. The summed E-state index contributed by atoms with van der Waals surface area (Å²) in [7, 11) is -3.24. The smallest absolute Gasteiger partial charge is 0.253 e. The van der Waals surface area contributed by atoms with E-state index in [1.807, 2.05) is 31.2 Å². The minimum atomic E-state index is -3.24. The molecule has 0 radical (unpaired) electrons. The zero-order valence-electron chi connectivity index (χ0n) is 16.2. The maximum atomic E-state index is 13.0. The number of sulfone groups is 1. The Balaban J connectivity index is 1.79. The molecule has 1 aliphatic rings. The highest BCUT2D eigenvalue weighted by Crippen LogP contribution is 2.24. The molecule has 0 bridgehead atoms.